The Morgan fingerprint density at radius 2 is 1.88 bits per heavy atom. The fourth-order valence-electron chi connectivity index (χ4n) is 1.79. The van der Waals surface area contributed by atoms with Gasteiger partial charge in [-0.1, -0.05) is 13.8 Å². The van der Waals surface area contributed by atoms with Crippen LogP contribution in [0.5, 0.6) is 0 Å². The van der Waals surface area contributed by atoms with E-state index in [0.29, 0.717) is 24.7 Å². The Labute approximate surface area is 101 Å². The van der Waals surface area contributed by atoms with Gasteiger partial charge in [-0.15, -0.1) is 0 Å². The molecule has 98 valence electrons. The minimum Gasteiger partial charge on any atom is -0.396 e. The summed E-state index contributed by atoms with van der Waals surface area (Å²) in [6.07, 6.45) is 3.35. The van der Waals surface area contributed by atoms with Gasteiger partial charge in [-0.2, -0.15) is 0 Å². The molecule has 2 atom stereocenters. The smallest absolute Gasteiger partial charge is 0.0609 e. The molecular weight excluding hydrogens is 202 g/mol. The first kappa shape index (κ1) is 15.9. The highest BCUT2D eigenvalue weighted by atomic mass is 16.5. The predicted molar refractivity (Wildman–Crippen MR) is 68.7 cm³/mol. The minimum absolute atomic E-state index is 0.291. The van der Waals surface area contributed by atoms with Crippen molar-refractivity contribution in [2.45, 2.75) is 59.1 Å². The van der Waals surface area contributed by atoms with Crippen LogP contribution in [0.2, 0.25) is 0 Å². The van der Waals surface area contributed by atoms with Crippen molar-refractivity contribution >= 4 is 0 Å². The van der Waals surface area contributed by atoms with E-state index < -0.39 is 0 Å². The van der Waals surface area contributed by atoms with Crippen LogP contribution < -0.4 is 5.32 Å². The molecule has 0 rings (SSSR count). The fraction of sp³-hybridized carbons (Fsp3) is 1.00. The van der Waals surface area contributed by atoms with Gasteiger partial charge in [-0.05, 0) is 45.6 Å². The summed E-state index contributed by atoms with van der Waals surface area (Å²) >= 11 is 0. The molecule has 3 nitrogen and oxygen atoms in total. The van der Waals surface area contributed by atoms with Gasteiger partial charge in [-0.25, -0.2) is 0 Å². The van der Waals surface area contributed by atoms with Crippen LogP contribution in [0.15, 0.2) is 0 Å². The first-order valence-electron chi connectivity index (χ1n) is 6.57. The largest absolute Gasteiger partial charge is 0.396 e. The van der Waals surface area contributed by atoms with Crippen LogP contribution in [0.4, 0.5) is 0 Å². The molecule has 0 bridgehead atoms. The van der Waals surface area contributed by atoms with Crippen molar-refractivity contribution < 1.29 is 9.84 Å². The maximum Gasteiger partial charge on any atom is 0.0609 e. The molecule has 0 aromatic heterocycles. The highest BCUT2D eigenvalue weighted by Crippen LogP contribution is 2.10. The zero-order chi connectivity index (χ0) is 12.4. The average molecular weight is 231 g/mol. The van der Waals surface area contributed by atoms with Gasteiger partial charge >= 0.3 is 0 Å². The van der Waals surface area contributed by atoms with E-state index in [9.17, 15) is 0 Å². The maximum atomic E-state index is 8.72. The van der Waals surface area contributed by atoms with Crippen LogP contribution in [0.1, 0.15) is 47.0 Å². The molecule has 0 radical (unpaired) electrons. The van der Waals surface area contributed by atoms with Gasteiger partial charge in [-0.3, -0.25) is 0 Å². The summed E-state index contributed by atoms with van der Waals surface area (Å²) in [6.45, 7) is 10.7. The van der Waals surface area contributed by atoms with Crippen molar-refractivity contribution in [2.75, 3.05) is 19.8 Å². The Kier molecular flexibility index (Phi) is 9.99. The average Bonchev–Trinajstić information content (AvgIpc) is 2.25. The Bertz CT molecular complexity index is 151. The van der Waals surface area contributed by atoms with Crippen LogP contribution >= 0.6 is 0 Å². The molecule has 0 saturated carbocycles. The van der Waals surface area contributed by atoms with Gasteiger partial charge in [0.05, 0.1) is 6.10 Å². The zero-order valence-corrected chi connectivity index (χ0v) is 11.3. The first-order chi connectivity index (χ1) is 7.61. The van der Waals surface area contributed by atoms with Crippen molar-refractivity contribution in [1.82, 2.24) is 5.32 Å². The lowest BCUT2D eigenvalue weighted by atomic mass is 10.0. The minimum atomic E-state index is 0.291. The van der Waals surface area contributed by atoms with Crippen molar-refractivity contribution in [3.05, 3.63) is 0 Å². The molecule has 0 heterocycles. The first-order valence-corrected chi connectivity index (χ1v) is 6.57. The van der Waals surface area contributed by atoms with Gasteiger partial charge in [0, 0.05) is 19.3 Å². The monoisotopic (exact) mass is 231 g/mol. The molecule has 0 fully saturated rings. The second-order valence-electron chi connectivity index (χ2n) is 4.75. The van der Waals surface area contributed by atoms with Crippen molar-refractivity contribution in [1.29, 1.82) is 0 Å². The Balaban J connectivity index is 3.60. The molecule has 0 aromatic rings. The van der Waals surface area contributed by atoms with Gasteiger partial charge in [0.15, 0.2) is 0 Å². The second-order valence-corrected chi connectivity index (χ2v) is 4.75. The molecular formula is C13H29NO2. The van der Waals surface area contributed by atoms with Crippen LogP contribution in [0.25, 0.3) is 0 Å². The van der Waals surface area contributed by atoms with Crippen molar-refractivity contribution in [3.63, 3.8) is 0 Å². The van der Waals surface area contributed by atoms with Crippen LogP contribution in [0.3, 0.4) is 0 Å². The van der Waals surface area contributed by atoms with Crippen LogP contribution in [-0.2, 0) is 4.74 Å². The number of aliphatic hydroxyl groups excluding tert-OH is 1. The Morgan fingerprint density at radius 1 is 1.19 bits per heavy atom. The van der Waals surface area contributed by atoms with Crippen molar-refractivity contribution in [3.8, 4) is 0 Å². The van der Waals surface area contributed by atoms with Crippen LogP contribution in [-0.4, -0.2) is 37.0 Å². The summed E-state index contributed by atoms with van der Waals surface area (Å²) in [5.41, 5.74) is 0. The molecule has 0 amide bonds. The molecule has 3 heteroatoms. The van der Waals surface area contributed by atoms with E-state index in [1.165, 1.54) is 0 Å². The summed E-state index contributed by atoms with van der Waals surface area (Å²) in [7, 11) is 0. The highest BCUT2D eigenvalue weighted by molar-refractivity contribution is 4.67. The molecule has 2 N–H and O–H groups in total. The topological polar surface area (TPSA) is 41.5 Å². The molecule has 0 spiro atoms. The lowest BCUT2D eigenvalue weighted by molar-refractivity contribution is 0.0247. The maximum absolute atomic E-state index is 8.72. The van der Waals surface area contributed by atoms with Gasteiger partial charge in [0.2, 0.25) is 0 Å². The lowest BCUT2D eigenvalue weighted by Gasteiger charge is -2.22. The van der Waals surface area contributed by atoms with E-state index in [4.69, 9.17) is 9.84 Å². The summed E-state index contributed by atoms with van der Waals surface area (Å²) in [5.74, 6) is 0.578. The summed E-state index contributed by atoms with van der Waals surface area (Å²) < 4.78 is 5.69. The number of aliphatic hydroxyl groups is 1. The molecule has 16 heavy (non-hydrogen) atoms. The third kappa shape index (κ3) is 8.08. The molecule has 0 aliphatic rings. The molecule has 0 aromatic carbocycles. The lowest BCUT2D eigenvalue weighted by Crippen LogP contribution is -2.31. The Morgan fingerprint density at radius 3 is 2.38 bits per heavy atom. The number of ether oxygens (including phenoxy) is 1. The SMILES string of the molecule is CCOC(CCNC(C)CCCO)C(C)C. The zero-order valence-electron chi connectivity index (χ0n) is 11.3. The third-order valence-corrected chi connectivity index (χ3v) is 2.84. The number of rotatable bonds is 10. The second kappa shape index (κ2) is 10.1. The number of hydrogen-bond donors (Lipinski definition) is 2. The normalized spacial score (nSPS) is 15.4. The van der Waals surface area contributed by atoms with E-state index in [0.717, 1.165) is 32.4 Å². The Hall–Kier alpha value is -0.120. The summed E-state index contributed by atoms with van der Waals surface area (Å²) in [5, 5.41) is 12.2. The molecule has 0 saturated heterocycles. The molecule has 2 unspecified atom stereocenters. The van der Waals surface area contributed by atoms with Gasteiger partial charge in [0.25, 0.3) is 0 Å². The van der Waals surface area contributed by atoms with Crippen LogP contribution in [0, 0.1) is 5.92 Å². The van der Waals surface area contributed by atoms with E-state index >= 15 is 0 Å². The summed E-state index contributed by atoms with van der Waals surface area (Å²) in [6, 6.07) is 0.488. The van der Waals surface area contributed by atoms with E-state index in [2.05, 4.69) is 26.1 Å². The predicted octanol–water partition coefficient (Wildman–Crippen LogP) is 2.19. The summed E-state index contributed by atoms with van der Waals surface area (Å²) in [4.78, 5) is 0. The number of hydrogen-bond acceptors (Lipinski definition) is 3. The van der Waals surface area contributed by atoms with E-state index in [1.54, 1.807) is 0 Å². The highest BCUT2D eigenvalue weighted by Gasteiger charge is 2.13. The molecule has 0 aliphatic carbocycles. The molecule has 0 aliphatic heterocycles. The van der Waals surface area contributed by atoms with Gasteiger partial charge in [0.1, 0.15) is 0 Å². The quantitative estimate of drug-likeness (QED) is 0.605. The van der Waals surface area contributed by atoms with E-state index in [1.807, 2.05) is 6.92 Å². The fourth-order valence-corrected chi connectivity index (χ4v) is 1.79. The van der Waals surface area contributed by atoms with Crippen molar-refractivity contribution in [2.24, 2.45) is 5.92 Å². The van der Waals surface area contributed by atoms with E-state index in [-0.39, 0.29) is 0 Å². The third-order valence-electron chi connectivity index (χ3n) is 2.84. The van der Waals surface area contributed by atoms with Gasteiger partial charge < -0.3 is 15.2 Å². The number of nitrogens with one attached hydrogen (secondary N) is 1. The standard InChI is InChI=1S/C13H29NO2/c1-5-16-13(11(2)3)8-9-14-12(4)7-6-10-15/h11-15H,5-10H2,1-4H3.